The number of nitrogens with zero attached hydrogens (tertiary/aromatic N) is 1. The summed E-state index contributed by atoms with van der Waals surface area (Å²) in [6.07, 6.45) is 2.77. The minimum absolute atomic E-state index is 0.0403. The number of hydrogen-bond acceptors (Lipinski definition) is 3. The fourth-order valence-electron chi connectivity index (χ4n) is 1.05. The molecule has 0 saturated heterocycles. The predicted molar refractivity (Wildman–Crippen MR) is 60.0 cm³/mol. The van der Waals surface area contributed by atoms with Crippen molar-refractivity contribution in [2.75, 3.05) is 20.2 Å². The maximum absolute atomic E-state index is 11.3. The molecule has 3 N–H and O–H groups in total. The van der Waals surface area contributed by atoms with E-state index in [9.17, 15) is 4.79 Å². The first-order valence-electron chi connectivity index (χ1n) is 4.71. The average molecular weight is 218 g/mol. The van der Waals surface area contributed by atoms with Gasteiger partial charge in [0, 0.05) is 20.2 Å². The monoisotopic (exact) mass is 218 g/mol. The van der Waals surface area contributed by atoms with Gasteiger partial charge in [0.15, 0.2) is 0 Å². The second-order valence-corrected chi connectivity index (χ2v) is 3.77. The van der Waals surface area contributed by atoms with Gasteiger partial charge in [0.1, 0.15) is 0 Å². The minimum atomic E-state index is -0.0403. The van der Waals surface area contributed by atoms with Crippen LogP contribution in [0.25, 0.3) is 0 Å². The second kappa shape index (κ2) is 7.70. The van der Waals surface area contributed by atoms with Crippen LogP contribution in [-0.4, -0.2) is 41.1 Å². The number of aliphatic hydroxyl groups is 1. The van der Waals surface area contributed by atoms with Crippen LogP contribution >= 0.6 is 12.2 Å². The Kier molecular flexibility index (Phi) is 7.32. The van der Waals surface area contributed by atoms with E-state index in [1.807, 2.05) is 0 Å². The molecule has 0 fully saturated rings. The van der Waals surface area contributed by atoms with Gasteiger partial charge in [-0.25, -0.2) is 0 Å². The SMILES string of the molecule is CN(CCCCCO)C(=O)CC(N)=S. The number of amides is 1. The van der Waals surface area contributed by atoms with Crippen molar-refractivity contribution in [3.63, 3.8) is 0 Å². The Morgan fingerprint density at radius 1 is 1.43 bits per heavy atom. The smallest absolute Gasteiger partial charge is 0.229 e. The molecule has 0 rings (SSSR count). The summed E-state index contributed by atoms with van der Waals surface area (Å²) < 4.78 is 0. The van der Waals surface area contributed by atoms with Crippen LogP contribution in [0.2, 0.25) is 0 Å². The van der Waals surface area contributed by atoms with Crippen LogP contribution in [-0.2, 0) is 4.79 Å². The molecule has 1 amide bonds. The molecule has 82 valence electrons. The maximum atomic E-state index is 11.3. The van der Waals surface area contributed by atoms with Gasteiger partial charge >= 0.3 is 0 Å². The molecule has 5 heteroatoms. The van der Waals surface area contributed by atoms with Gasteiger partial charge in [0.05, 0.1) is 11.4 Å². The van der Waals surface area contributed by atoms with Gasteiger partial charge in [0.2, 0.25) is 5.91 Å². The molecule has 0 unspecified atom stereocenters. The highest BCUT2D eigenvalue weighted by Gasteiger charge is 2.08. The highest BCUT2D eigenvalue weighted by Crippen LogP contribution is 1.98. The Balaban J connectivity index is 3.57. The summed E-state index contributed by atoms with van der Waals surface area (Å²) in [5.41, 5.74) is 5.26. The number of rotatable bonds is 7. The van der Waals surface area contributed by atoms with E-state index in [-0.39, 0.29) is 23.9 Å². The average Bonchev–Trinajstić information content (AvgIpc) is 2.11. The molecule has 0 atom stereocenters. The molecule has 0 radical (unpaired) electrons. The lowest BCUT2D eigenvalue weighted by molar-refractivity contribution is -0.128. The van der Waals surface area contributed by atoms with Crippen LogP contribution in [0, 0.1) is 0 Å². The Labute approximate surface area is 90.1 Å². The van der Waals surface area contributed by atoms with Gasteiger partial charge in [-0.15, -0.1) is 0 Å². The van der Waals surface area contributed by atoms with Crippen molar-refractivity contribution in [3.05, 3.63) is 0 Å². The lowest BCUT2D eigenvalue weighted by atomic mass is 10.2. The van der Waals surface area contributed by atoms with Crippen LogP contribution in [0.1, 0.15) is 25.7 Å². The molecule has 0 spiro atoms. The van der Waals surface area contributed by atoms with E-state index < -0.39 is 0 Å². The Morgan fingerprint density at radius 3 is 2.57 bits per heavy atom. The molecule has 4 nitrogen and oxygen atoms in total. The number of hydrogen-bond donors (Lipinski definition) is 2. The fourth-order valence-corrected chi connectivity index (χ4v) is 1.17. The van der Waals surface area contributed by atoms with Crippen molar-refractivity contribution in [3.8, 4) is 0 Å². The van der Waals surface area contributed by atoms with Gasteiger partial charge in [-0.3, -0.25) is 4.79 Å². The topological polar surface area (TPSA) is 66.6 Å². The van der Waals surface area contributed by atoms with E-state index >= 15 is 0 Å². The fraction of sp³-hybridized carbons (Fsp3) is 0.778. The quantitative estimate of drug-likeness (QED) is 0.476. The van der Waals surface area contributed by atoms with Crippen molar-refractivity contribution >= 4 is 23.1 Å². The summed E-state index contributed by atoms with van der Waals surface area (Å²) in [7, 11) is 1.74. The van der Waals surface area contributed by atoms with E-state index in [1.54, 1.807) is 11.9 Å². The van der Waals surface area contributed by atoms with E-state index in [2.05, 4.69) is 12.2 Å². The third-order valence-corrected chi connectivity index (χ3v) is 2.05. The molecule has 0 aromatic carbocycles. The summed E-state index contributed by atoms with van der Waals surface area (Å²) in [6.45, 7) is 0.909. The summed E-state index contributed by atoms with van der Waals surface area (Å²) >= 11 is 4.64. The van der Waals surface area contributed by atoms with Crippen molar-refractivity contribution in [1.29, 1.82) is 0 Å². The standard InChI is InChI=1S/C9H18N2O2S/c1-11(5-3-2-4-6-12)9(13)7-8(10)14/h12H,2-7H2,1H3,(H2,10,14). The molecule has 0 aliphatic carbocycles. The van der Waals surface area contributed by atoms with E-state index in [0.717, 1.165) is 19.3 Å². The van der Waals surface area contributed by atoms with Crippen LogP contribution < -0.4 is 5.73 Å². The molecule has 0 aliphatic heterocycles. The zero-order valence-corrected chi connectivity index (χ0v) is 9.35. The first-order valence-corrected chi connectivity index (χ1v) is 5.12. The Morgan fingerprint density at radius 2 is 2.07 bits per heavy atom. The normalized spacial score (nSPS) is 9.86. The molecule has 0 bridgehead atoms. The molecule has 0 aliphatic rings. The van der Waals surface area contributed by atoms with Gasteiger partial charge < -0.3 is 15.7 Å². The number of carbonyl (C=O) groups is 1. The van der Waals surface area contributed by atoms with Gasteiger partial charge in [-0.2, -0.15) is 0 Å². The summed E-state index contributed by atoms with van der Waals surface area (Å²) in [5.74, 6) is -0.0403. The zero-order valence-electron chi connectivity index (χ0n) is 8.53. The molecule has 0 saturated carbocycles. The molecule has 0 heterocycles. The summed E-state index contributed by atoms with van der Waals surface area (Å²) in [6, 6.07) is 0. The third-order valence-electron chi connectivity index (χ3n) is 1.90. The highest BCUT2D eigenvalue weighted by molar-refractivity contribution is 7.80. The van der Waals surface area contributed by atoms with Gasteiger partial charge in [-0.05, 0) is 19.3 Å². The molecular weight excluding hydrogens is 200 g/mol. The Hall–Kier alpha value is -0.680. The van der Waals surface area contributed by atoms with Crippen molar-refractivity contribution in [2.45, 2.75) is 25.7 Å². The first-order chi connectivity index (χ1) is 6.57. The summed E-state index contributed by atoms with van der Waals surface area (Å²) in [5, 5.41) is 8.55. The second-order valence-electron chi connectivity index (χ2n) is 3.24. The van der Waals surface area contributed by atoms with Crippen LogP contribution in [0.4, 0.5) is 0 Å². The van der Waals surface area contributed by atoms with E-state index in [0.29, 0.717) is 6.54 Å². The number of unbranched alkanes of at least 4 members (excludes halogenated alkanes) is 2. The number of nitrogens with two attached hydrogens (primary N) is 1. The molecule has 0 aromatic rings. The number of aliphatic hydroxyl groups excluding tert-OH is 1. The largest absolute Gasteiger partial charge is 0.396 e. The predicted octanol–water partition coefficient (Wildman–Crippen LogP) is 0.284. The lowest BCUT2D eigenvalue weighted by Gasteiger charge is -2.16. The molecule has 0 aromatic heterocycles. The van der Waals surface area contributed by atoms with Crippen molar-refractivity contribution < 1.29 is 9.90 Å². The number of thiocarbonyl (C=S) groups is 1. The van der Waals surface area contributed by atoms with Gasteiger partial charge in [0.25, 0.3) is 0 Å². The van der Waals surface area contributed by atoms with Crippen LogP contribution in [0.3, 0.4) is 0 Å². The molecule has 14 heavy (non-hydrogen) atoms. The first kappa shape index (κ1) is 13.3. The maximum Gasteiger partial charge on any atom is 0.229 e. The van der Waals surface area contributed by atoms with E-state index in [4.69, 9.17) is 10.8 Å². The van der Waals surface area contributed by atoms with Crippen molar-refractivity contribution in [1.82, 2.24) is 4.90 Å². The molecular formula is C9H18N2O2S. The van der Waals surface area contributed by atoms with Crippen molar-refractivity contribution in [2.24, 2.45) is 5.73 Å². The van der Waals surface area contributed by atoms with Crippen LogP contribution in [0.5, 0.6) is 0 Å². The lowest BCUT2D eigenvalue weighted by Crippen LogP contribution is -2.30. The minimum Gasteiger partial charge on any atom is -0.396 e. The van der Waals surface area contributed by atoms with E-state index in [1.165, 1.54) is 0 Å². The summed E-state index contributed by atoms with van der Waals surface area (Å²) in [4.78, 5) is 13.2. The third kappa shape index (κ3) is 6.80. The Bertz CT molecular complexity index is 197. The van der Waals surface area contributed by atoms with Crippen LogP contribution in [0.15, 0.2) is 0 Å². The zero-order chi connectivity index (χ0) is 11.0. The van der Waals surface area contributed by atoms with Gasteiger partial charge in [-0.1, -0.05) is 12.2 Å². The highest BCUT2D eigenvalue weighted by atomic mass is 32.1. The number of carbonyl (C=O) groups excluding carboxylic acids is 1.